The van der Waals surface area contributed by atoms with Gasteiger partial charge in [0.05, 0.1) is 5.56 Å². The highest BCUT2D eigenvalue weighted by atomic mass is 32.2. The summed E-state index contributed by atoms with van der Waals surface area (Å²) in [6, 6.07) is 10.5. The van der Waals surface area contributed by atoms with Crippen LogP contribution in [0.1, 0.15) is 5.56 Å². The van der Waals surface area contributed by atoms with Gasteiger partial charge in [-0.15, -0.1) is 5.10 Å². The van der Waals surface area contributed by atoms with Gasteiger partial charge in [-0.2, -0.15) is 0 Å². The highest BCUT2D eigenvalue weighted by Crippen LogP contribution is 2.21. The average Bonchev–Trinajstić information content (AvgIpc) is 2.97. The van der Waals surface area contributed by atoms with E-state index in [4.69, 9.17) is 0 Å². The van der Waals surface area contributed by atoms with Crippen molar-refractivity contribution in [1.82, 2.24) is 20.2 Å². The predicted octanol–water partition coefficient (Wildman–Crippen LogP) is 3.34. The molecule has 0 spiro atoms. The Bertz CT molecular complexity index is 714. The van der Waals surface area contributed by atoms with Crippen LogP contribution in [0.2, 0.25) is 0 Å². The van der Waals surface area contributed by atoms with Crippen LogP contribution in [0.25, 0.3) is 11.4 Å². The first-order valence-corrected chi connectivity index (χ1v) is 7.50. The number of aryl methyl sites for hydroxylation is 1. The van der Waals surface area contributed by atoms with Gasteiger partial charge in [-0.3, -0.25) is 10.1 Å². The molecule has 0 aliphatic heterocycles. The van der Waals surface area contributed by atoms with Crippen molar-refractivity contribution in [3.63, 3.8) is 0 Å². The Morgan fingerprint density at radius 3 is 2.86 bits per heavy atom. The third-order valence-corrected chi connectivity index (χ3v) is 3.79. The van der Waals surface area contributed by atoms with Gasteiger partial charge in [-0.05, 0) is 30.2 Å². The summed E-state index contributed by atoms with van der Waals surface area (Å²) >= 11 is 1.53. The van der Waals surface area contributed by atoms with Crippen molar-refractivity contribution in [2.24, 2.45) is 0 Å². The third-order valence-electron chi connectivity index (χ3n) is 2.94. The molecule has 0 bridgehead atoms. The van der Waals surface area contributed by atoms with Gasteiger partial charge >= 0.3 is 0 Å². The number of rotatable bonds is 5. The summed E-state index contributed by atoms with van der Waals surface area (Å²) in [7, 11) is 0. The van der Waals surface area contributed by atoms with Crippen LogP contribution in [0.3, 0.4) is 0 Å². The molecule has 0 aliphatic rings. The van der Waals surface area contributed by atoms with Crippen molar-refractivity contribution in [3.05, 3.63) is 60.2 Å². The maximum atomic E-state index is 13.7. The van der Waals surface area contributed by atoms with E-state index in [2.05, 4.69) is 20.2 Å². The summed E-state index contributed by atoms with van der Waals surface area (Å²) in [6.45, 7) is 0. The van der Waals surface area contributed by atoms with Crippen LogP contribution in [-0.4, -0.2) is 25.9 Å². The lowest BCUT2D eigenvalue weighted by molar-refractivity contribution is 0.630. The van der Waals surface area contributed by atoms with Crippen molar-refractivity contribution in [2.45, 2.75) is 11.6 Å². The number of halogens is 1. The zero-order valence-corrected chi connectivity index (χ0v) is 12.0. The molecular weight excluding hydrogens is 287 g/mol. The van der Waals surface area contributed by atoms with Crippen molar-refractivity contribution >= 4 is 11.8 Å². The Hall–Kier alpha value is -2.21. The van der Waals surface area contributed by atoms with Gasteiger partial charge in [0.1, 0.15) is 5.82 Å². The van der Waals surface area contributed by atoms with Gasteiger partial charge in [-0.25, -0.2) is 9.37 Å². The zero-order valence-electron chi connectivity index (χ0n) is 11.2. The van der Waals surface area contributed by atoms with Gasteiger partial charge in [0.25, 0.3) is 0 Å². The number of benzene rings is 1. The molecule has 0 saturated heterocycles. The summed E-state index contributed by atoms with van der Waals surface area (Å²) in [5.74, 6) is 0.998. The standard InChI is InChI=1S/C15H13FN4S/c16-13-6-2-1-5-12(13)14-18-15(20-19-14)21-9-7-11-4-3-8-17-10-11/h1-6,8,10H,7,9H2,(H,18,19,20). The van der Waals surface area contributed by atoms with Crippen LogP contribution in [0.5, 0.6) is 0 Å². The Kier molecular flexibility index (Phi) is 4.25. The highest BCUT2D eigenvalue weighted by Gasteiger charge is 2.09. The number of nitrogens with one attached hydrogen (secondary N) is 1. The van der Waals surface area contributed by atoms with Crippen molar-refractivity contribution in [2.75, 3.05) is 5.75 Å². The lowest BCUT2D eigenvalue weighted by Gasteiger charge is -1.98. The molecule has 0 aliphatic carbocycles. The second-order valence-electron chi connectivity index (χ2n) is 4.41. The van der Waals surface area contributed by atoms with Crippen molar-refractivity contribution in [1.29, 1.82) is 0 Å². The second-order valence-corrected chi connectivity index (χ2v) is 5.47. The largest absolute Gasteiger partial charge is 0.264 e. The van der Waals surface area contributed by atoms with Crippen molar-refractivity contribution in [3.8, 4) is 11.4 Å². The van der Waals surface area contributed by atoms with E-state index in [0.717, 1.165) is 12.2 Å². The number of thioether (sulfide) groups is 1. The Labute approximate surface area is 125 Å². The number of H-pyrrole nitrogens is 1. The maximum absolute atomic E-state index is 13.7. The molecule has 2 heterocycles. The fourth-order valence-corrected chi connectivity index (χ4v) is 2.68. The smallest absolute Gasteiger partial charge is 0.208 e. The number of hydrogen-bond acceptors (Lipinski definition) is 4. The molecule has 6 heteroatoms. The predicted molar refractivity (Wildman–Crippen MR) is 80.4 cm³/mol. The van der Waals surface area contributed by atoms with E-state index in [9.17, 15) is 4.39 Å². The summed E-state index contributed by atoms with van der Waals surface area (Å²) in [4.78, 5) is 8.39. The van der Waals surface area contributed by atoms with E-state index < -0.39 is 0 Å². The molecule has 3 rings (SSSR count). The van der Waals surface area contributed by atoms with Gasteiger partial charge in [0.2, 0.25) is 5.16 Å². The second kappa shape index (κ2) is 6.49. The van der Waals surface area contributed by atoms with Crippen LogP contribution in [0, 0.1) is 5.82 Å². The molecule has 106 valence electrons. The van der Waals surface area contributed by atoms with Crippen LogP contribution >= 0.6 is 11.8 Å². The zero-order chi connectivity index (χ0) is 14.5. The average molecular weight is 300 g/mol. The van der Waals surface area contributed by atoms with Crippen LogP contribution < -0.4 is 0 Å². The quantitative estimate of drug-likeness (QED) is 0.734. The minimum atomic E-state index is -0.305. The van der Waals surface area contributed by atoms with E-state index in [0.29, 0.717) is 16.5 Å². The normalized spacial score (nSPS) is 10.7. The molecule has 0 amide bonds. The number of pyridine rings is 1. The number of hydrogen-bond donors (Lipinski definition) is 1. The molecule has 21 heavy (non-hydrogen) atoms. The lowest BCUT2D eigenvalue weighted by Crippen LogP contribution is -1.89. The minimum Gasteiger partial charge on any atom is -0.264 e. The van der Waals surface area contributed by atoms with Crippen LogP contribution in [0.4, 0.5) is 4.39 Å². The van der Waals surface area contributed by atoms with E-state index in [-0.39, 0.29) is 5.82 Å². The first-order chi connectivity index (χ1) is 10.3. The lowest BCUT2D eigenvalue weighted by atomic mass is 10.2. The molecule has 4 nitrogen and oxygen atoms in total. The molecular formula is C15H13FN4S. The molecule has 1 aromatic carbocycles. The number of aromatic nitrogens is 4. The molecule has 0 saturated carbocycles. The molecule has 0 fully saturated rings. The van der Waals surface area contributed by atoms with Crippen LogP contribution in [-0.2, 0) is 6.42 Å². The van der Waals surface area contributed by atoms with Crippen LogP contribution in [0.15, 0.2) is 53.9 Å². The molecule has 1 N–H and O–H groups in total. The Balaban J connectivity index is 1.62. The fourth-order valence-electron chi connectivity index (χ4n) is 1.89. The number of nitrogens with zero attached hydrogens (tertiary/aromatic N) is 3. The third kappa shape index (κ3) is 3.46. The highest BCUT2D eigenvalue weighted by molar-refractivity contribution is 7.99. The van der Waals surface area contributed by atoms with Gasteiger partial charge in [0.15, 0.2) is 5.82 Å². The Morgan fingerprint density at radius 2 is 2.05 bits per heavy atom. The van der Waals surface area contributed by atoms with E-state index in [1.807, 2.05) is 18.3 Å². The molecule has 0 unspecified atom stereocenters. The molecule has 0 atom stereocenters. The summed E-state index contributed by atoms with van der Waals surface area (Å²) < 4.78 is 13.7. The summed E-state index contributed by atoms with van der Waals surface area (Å²) in [6.07, 6.45) is 4.50. The molecule has 0 radical (unpaired) electrons. The van der Waals surface area contributed by atoms with Gasteiger partial charge in [0, 0.05) is 18.1 Å². The van der Waals surface area contributed by atoms with E-state index in [1.54, 1.807) is 24.4 Å². The van der Waals surface area contributed by atoms with Gasteiger partial charge < -0.3 is 0 Å². The molecule has 2 aromatic heterocycles. The van der Waals surface area contributed by atoms with E-state index in [1.165, 1.54) is 23.4 Å². The minimum absolute atomic E-state index is 0.305. The first kappa shape index (κ1) is 13.8. The molecule has 3 aromatic rings. The SMILES string of the molecule is Fc1ccccc1-c1nc(SCCc2cccnc2)n[nH]1. The topological polar surface area (TPSA) is 54.5 Å². The van der Waals surface area contributed by atoms with Gasteiger partial charge in [-0.1, -0.05) is 30.0 Å². The van der Waals surface area contributed by atoms with E-state index >= 15 is 0 Å². The number of aromatic amines is 1. The van der Waals surface area contributed by atoms with Crippen molar-refractivity contribution < 1.29 is 4.39 Å². The summed E-state index contributed by atoms with van der Waals surface area (Å²) in [5, 5.41) is 7.51. The monoisotopic (exact) mass is 300 g/mol. The fraction of sp³-hybridized carbons (Fsp3) is 0.133. The Morgan fingerprint density at radius 1 is 1.14 bits per heavy atom. The summed E-state index contributed by atoms with van der Waals surface area (Å²) in [5.41, 5.74) is 1.61. The first-order valence-electron chi connectivity index (χ1n) is 6.52. The maximum Gasteiger partial charge on any atom is 0.208 e.